The summed E-state index contributed by atoms with van der Waals surface area (Å²) in [7, 11) is 4.47. The highest BCUT2D eigenvalue weighted by Crippen LogP contribution is 2.64. The van der Waals surface area contributed by atoms with Crippen molar-refractivity contribution in [1.82, 2.24) is 4.90 Å². The molecule has 0 aromatic carbocycles. The smallest absolute Gasteiger partial charge is 0.0150 e. The van der Waals surface area contributed by atoms with E-state index in [1.807, 2.05) is 0 Å². The summed E-state index contributed by atoms with van der Waals surface area (Å²) in [5, 5.41) is 0. The zero-order valence-electron chi connectivity index (χ0n) is 14.7. The van der Waals surface area contributed by atoms with Gasteiger partial charge in [0.25, 0.3) is 0 Å². The normalized spacial score (nSPS) is 49.2. The van der Waals surface area contributed by atoms with E-state index in [9.17, 15) is 0 Å². The molecule has 120 valence electrons. The lowest BCUT2D eigenvalue weighted by Gasteiger charge is -2.58. The third-order valence-corrected chi connectivity index (χ3v) is 7.78. The molecule has 4 aliphatic carbocycles. The second kappa shape index (κ2) is 4.76. The summed E-state index contributed by atoms with van der Waals surface area (Å²) in [5.41, 5.74) is 2.46. The Morgan fingerprint density at radius 1 is 1.05 bits per heavy atom. The molecule has 0 unspecified atom stereocenters. The molecule has 0 aromatic heterocycles. The molecule has 0 N–H and O–H groups in total. The molecule has 0 amide bonds. The maximum Gasteiger partial charge on any atom is 0.0150 e. The lowest BCUT2D eigenvalue weighted by Crippen LogP contribution is -2.51. The molecular weight excluding hydrogens is 266 g/mol. The molecule has 0 heterocycles. The maximum absolute atomic E-state index is 2.55. The van der Waals surface area contributed by atoms with Crippen LogP contribution in [0.5, 0.6) is 0 Å². The molecule has 0 aromatic rings. The van der Waals surface area contributed by atoms with E-state index in [4.69, 9.17) is 0 Å². The summed E-state index contributed by atoms with van der Waals surface area (Å²) in [6, 6.07) is 0. The van der Waals surface area contributed by atoms with E-state index in [-0.39, 0.29) is 0 Å². The van der Waals surface area contributed by atoms with Gasteiger partial charge in [0.05, 0.1) is 0 Å². The molecule has 2 fully saturated rings. The highest BCUT2D eigenvalue weighted by Gasteiger charge is 2.57. The summed E-state index contributed by atoms with van der Waals surface area (Å²) >= 11 is 0. The van der Waals surface area contributed by atoms with Crippen LogP contribution in [0.15, 0.2) is 36.1 Å². The minimum Gasteiger partial charge on any atom is -0.381 e. The van der Waals surface area contributed by atoms with Gasteiger partial charge in [0.1, 0.15) is 0 Å². The predicted octanol–water partition coefficient (Wildman–Crippen LogP) is 5.03. The van der Waals surface area contributed by atoms with Crippen LogP contribution in [0.25, 0.3) is 0 Å². The minimum absolute atomic E-state index is 0.417. The number of hydrogen-bond donors (Lipinski definition) is 0. The van der Waals surface area contributed by atoms with E-state index in [1.165, 1.54) is 32.1 Å². The number of nitrogens with zero attached hydrogens (tertiary/aromatic N) is 1. The van der Waals surface area contributed by atoms with Crippen molar-refractivity contribution in [2.45, 2.75) is 46.0 Å². The highest BCUT2D eigenvalue weighted by atomic mass is 15.1. The monoisotopic (exact) mass is 297 g/mol. The fourth-order valence-corrected chi connectivity index (χ4v) is 6.67. The van der Waals surface area contributed by atoms with Gasteiger partial charge in [-0.15, -0.1) is 0 Å². The Labute approximate surface area is 136 Å². The second-order valence-electron chi connectivity index (χ2n) is 8.85. The van der Waals surface area contributed by atoms with Gasteiger partial charge in [-0.3, -0.25) is 0 Å². The zero-order valence-corrected chi connectivity index (χ0v) is 14.7. The van der Waals surface area contributed by atoms with Crippen molar-refractivity contribution in [1.29, 1.82) is 0 Å². The van der Waals surface area contributed by atoms with E-state index >= 15 is 0 Å². The van der Waals surface area contributed by atoms with E-state index in [2.05, 4.69) is 63.2 Å². The minimum atomic E-state index is 0.417. The van der Waals surface area contributed by atoms with Crippen LogP contribution in [0.2, 0.25) is 0 Å². The van der Waals surface area contributed by atoms with Crippen LogP contribution in [0.3, 0.4) is 0 Å². The van der Waals surface area contributed by atoms with Crippen molar-refractivity contribution in [2.24, 2.45) is 34.5 Å². The Kier molecular flexibility index (Phi) is 3.16. The zero-order chi connectivity index (χ0) is 15.5. The summed E-state index contributed by atoms with van der Waals surface area (Å²) in [4.78, 5) is 2.39. The number of rotatable bonds is 1. The molecule has 1 nitrogen and oxygen atoms in total. The molecule has 0 saturated heterocycles. The van der Waals surface area contributed by atoms with Crippen LogP contribution in [0.1, 0.15) is 46.0 Å². The van der Waals surface area contributed by atoms with Crippen molar-refractivity contribution in [2.75, 3.05) is 14.1 Å². The third-order valence-electron chi connectivity index (χ3n) is 7.78. The van der Waals surface area contributed by atoms with Gasteiger partial charge >= 0.3 is 0 Å². The van der Waals surface area contributed by atoms with Crippen molar-refractivity contribution >= 4 is 0 Å². The quantitative estimate of drug-likeness (QED) is 0.656. The van der Waals surface area contributed by atoms with E-state index in [0.29, 0.717) is 10.8 Å². The number of hydrogen-bond acceptors (Lipinski definition) is 1. The number of fused-ring (bicyclic) bond motifs is 5. The van der Waals surface area contributed by atoms with E-state index in [1.54, 1.807) is 5.70 Å². The largest absolute Gasteiger partial charge is 0.381 e. The molecule has 22 heavy (non-hydrogen) atoms. The van der Waals surface area contributed by atoms with Crippen LogP contribution in [-0.4, -0.2) is 19.0 Å². The van der Waals surface area contributed by atoms with Crippen molar-refractivity contribution in [3.63, 3.8) is 0 Å². The summed E-state index contributed by atoms with van der Waals surface area (Å²) in [5.74, 6) is 3.47. The molecule has 0 radical (unpaired) electrons. The predicted molar refractivity (Wildman–Crippen MR) is 93.3 cm³/mol. The molecule has 0 aliphatic heterocycles. The van der Waals surface area contributed by atoms with Crippen LogP contribution in [0.4, 0.5) is 0 Å². The average Bonchev–Trinajstić information content (AvgIpc) is 2.84. The van der Waals surface area contributed by atoms with Gasteiger partial charge in [-0.1, -0.05) is 44.2 Å². The van der Waals surface area contributed by atoms with Gasteiger partial charge < -0.3 is 4.90 Å². The van der Waals surface area contributed by atoms with Gasteiger partial charge in [-0.25, -0.2) is 0 Å². The molecule has 6 atom stereocenters. The Bertz CT molecular complexity index is 554. The topological polar surface area (TPSA) is 3.24 Å². The molecule has 0 bridgehead atoms. The number of allylic oxidation sites excluding steroid dienone is 6. The first-order valence-electron chi connectivity index (χ1n) is 9.21. The lowest BCUT2D eigenvalue weighted by molar-refractivity contribution is -0.0522. The van der Waals surface area contributed by atoms with Crippen molar-refractivity contribution in [3.05, 3.63) is 36.1 Å². The second-order valence-corrected chi connectivity index (χ2v) is 8.85. The van der Waals surface area contributed by atoms with E-state index < -0.39 is 0 Å². The van der Waals surface area contributed by atoms with Crippen molar-refractivity contribution < 1.29 is 0 Å². The van der Waals surface area contributed by atoms with Crippen LogP contribution in [-0.2, 0) is 0 Å². The van der Waals surface area contributed by atoms with Gasteiger partial charge in [-0.05, 0) is 61.2 Å². The summed E-state index contributed by atoms with van der Waals surface area (Å²) < 4.78 is 0. The van der Waals surface area contributed by atoms with E-state index in [0.717, 1.165) is 23.7 Å². The summed E-state index contributed by atoms with van der Waals surface area (Å²) in [6.07, 6.45) is 19.1. The van der Waals surface area contributed by atoms with Gasteiger partial charge in [-0.2, -0.15) is 0 Å². The molecule has 0 spiro atoms. The lowest BCUT2D eigenvalue weighted by atomic mass is 9.47. The van der Waals surface area contributed by atoms with Crippen LogP contribution in [0, 0.1) is 34.5 Å². The molecule has 1 heteroatoms. The summed E-state index contributed by atoms with van der Waals surface area (Å²) in [6.45, 7) is 5.10. The Morgan fingerprint density at radius 2 is 1.86 bits per heavy atom. The van der Waals surface area contributed by atoms with Crippen molar-refractivity contribution in [3.8, 4) is 0 Å². The fraction of sp³-hybridized carbons (Fsp3) is 0.714. The van der Waals surface area contributed by atoms with Gasteiger partial charge in [0, 0.05) is 25.2 Å². The Morgan fingerprint density at radius 3 is 2.64 bits per heavy atom. The highest BCUT2D eigenvalue weighted by molar-refractivity contribution is 5.27. The standard InChI is InChI=1S/C21H31N/c1-20-13-6-5-7-15(20)8-9-16-17-10-11-19(22(3)4)21(17,2)14-12-18(16)20/h5-7,11,13,15-18H,8-10,12,14H2,1-4H3/t15-,16-,17-,18-,20-,21-/m0/s1. The molecule has 2 saturated carbocycles. The van der Waals surface area contributed by atoms with Crippen LogP contribution >= 0.6 is 0 Å². The molecule has 4 aliphatic rings. The molecular formula is C21H31N. The Hall–Kier alpha value is -0.980. The fourth-order valence-electron chi connectivity index (χ4n) is 6.67. The maximum atomic E-state index is 2.55. The first kappa shape index (κ1) is 14.6. The Balaban J connectivity index is 1.66. The first-order chi connectivity index (χ1) is 10.5. The average molecular weight is 297 g/mol. The van der Waals surface area contributed by atoms with Gasteiger partial charge in [0.15, 0.2) is 0 Å². The first-order valence-corrected chi connectivity index (χ1v) is 9.21. The van der Waals surface area contributed by atoms with Crippen LogP contribution < -0.4 is 0 Å². The van der Waals surface area contributed by atoms with Gasteiger partial charge in [0.2, 0.25) is 0 Å². The molecule has 4 rings (SSSR count). The SMILES string of the molecule is CN(C)C1=CC[C@H]2[C@@H]3CC[C@@H]4C=CC=C[C@]4(C)[C@H]3CC[C@]12C. The third kappa shape index (κ3) is 1.77.